The van der Waals surface area contributed by atoms with E-state index < -0.39 is 0 Å². The summed E-state index contributed by atoms with van der Waals surface area (Å²) in [6.07, 6.45) is 7.18. The molecule has 0 bridgehead atoms. The summed E-state index contributed by atoms with van der Waals surface area (Å²) in [6, 6.07) is 0.334. The molecule has 0 aliphatic heterocycles. The van der Waals surface area contributed by atoms with Crippen LogP contribution < -0.4 is 11.1 Å². The second-order valence-electron chi connectivity index (χ2n) is 4.75. The number of carbonyl (C=O) groups excluding carboxylic acids is 1. The number of nitrogens with one attached hydrogen (secondary N) is 1. The predicted molar refractivity (Wildman–Crippen MR) is 62.4 cm³/mol. The Morgan fingerprint density at radius 3 is 2.67 bits per heavy atom. The molecule has 1 fully saturated rings. The molecule has 0 aromatic carbocycles. The van der Waals surface area contributed by atoms with Gasteiger partial charge in [0.15, 0.2) is 0 Å². The summed E-state index contributed by atoms with van der Waals surface area (Å²) in [5.41, 5.74) is 5.35. The quantitative estimate of drug-likeness (QED) is 0.698. The molecule has 1 saturated carbocycles. The van der Waals surface area contributed by atoms with Crippen molar-refractivity contribution in [3.63, 3.8) is 0 Å². The highest BCUT2D eigenvalue weighted by Gasteiger charge is 2.23. The van der Waals surface area contributed by atoms with Crippen LogP contribution in [0.4, 0.5) is 0 Å². The summed E-state index contributed by atoms with van der Waals surface area (Å²) in [5, 5.41) is 3.42. The summed E-state index contributed by atoms with van der Waals surface area (Å²) >= 11 is 0. The number of carbonyl (C=O) groups is 1. The highest BCUT2D eigenvalue weighted by Crippen LogP contribution is 2.23. The first-order valence-corrected chi connectivity index (χ1v) is 6.20. The molecular formula is C12H24N2O. The van der Waals surface area contributed by atoms with Crippen LogP contribution in [-0.4, -0.2) is 18.0 Å². The van der Waals surface area contributed by atoms with Crippen LogP contribution in [0, 0.1) is 5.92 Å². The monoisotopic (exact) mass is 212 g/mol. The van der Waals surface area contributed by atoms with Gasteiger partial charge in [0, 0.05) is 6.04 Å². The van der Waals surface area contributed by atoms with Gasteiger partial charge >= 0.3 is 0 Å². The Morgan fingerprint density at radius 1 is 1.40 bits per heavy atom. The summed E-state index contributed by atoms with van der Waals surface area (Å²) in [6.45, 7) is 4.28. The van der Waals surface area contributed by atoms with Gasteiger partial charge in [-0.25, -0.2) is 0 Å². The second kappa shape index (κ2) is 6.11. The van der Waals surface area contributed by atoms with E-state index in [4.69, 9.17) is 5.73 Å². The molecule has 3 atom stereocenters. The minimum absolute atomic E-state index is 0.143. The third kappa shape index (κ3) is 3.82. The first kappa shape index (κ1) is 12.5. The third-order valence-corrected chi connectivity index (χ3v) is 3.53. The Labute approximate surface area is 92.8 Å². The van der Waals surface area contributed by atoms with Crippen molar-refractivity contribution in [2.45, 2.75) is 64.5 Å². The maximum Gasteiger partial charge on any atom is 0.234 e. The van der Waals surface area contributed by atoms with Crippen LogP contribution in [0.15, 0.2) is 0 Å². The normalized spacial score (nSPS) is 29.5. The van der Waals surface area contributed by atoms with Crippen molar-refractivity contribution >= 4 is 5.91 Å². The van der Waals surface area contributed by atoms with E-state index in [1.807, 2.05) is 6.92 Å². The molecule has 0 heterocycles. The van der Waals surface area contributed by atoms with Crippen LogP contribution in [0.1, 0.15) is 52.4 Å². The molecule has 1 amide bonds. The first-order chi connectivity index (χ1) is 7.15. The molecule has 3 unspecified atom stereocenters. The van der Waals surface area contributed by atoms with Gasteiger partial charge in [-0.1, -0.05) is 33.1 Å². The van der Waals surface area contributed by atoms with E-state index in [0.717, 1.165) is 6.42 Å². The van der Waals surface area contributed by atoms with E-state index in [0.29, 0.717) is 12.0 Å². The lowest BCUT2D eigenvalue weighted by atomic mass is 9.96. The zero-order valence-corrected chi connectivity index (χ0v) is 9.96. The lowest BCUT2D eigenvalue weighted by Crippen LogP contribution is -2.48. The van der Waals surface area contributed by atoms with Gasteiger partial charge in [-0.05, 0) is 25.2 Å². The highest BCUT2D eigenvalue weighted by atomic mass is 16.1. The van der Waals surface area contributed by atoms with Gasteiger partial charge < -0.3 is 11.1 Å². The number of rotatable bonds is 4. The van der Waals surface area contributed by atoms with Crippen LogP contribution in [-0.2, 0) is 4.79 Å². The molecule has 15 heavy (non-hydrogen) atoms. The number of hydrogen-bond acceptors (Lipinski definition) is 2. The second-order valence-corrected chi connectivity index (χ2v) is 4.75. The van der Waals surface area contributed by atoms with Gasteiger partial charge in [0.25, 0.3) is 0 Å². The third-order valence-electron chi connectivity index (χ3n) is 3.53. The molecular weight excluding hydrogens is 188 g/mol. The molecule has 0 radical (unpaired) electrons. The maximum atomic E-state index is 11.2. The molecule has 1 rings (SSSR count). The zero-order valence-electron chi connectivity index (χ0n) is 9.96. The van der Waals surface area contributed by atoms with Crippen molar-refractivity contribution < 1.29 is 4.79 Å². The van der Waals surface area contributed by atoms with Crippen molar-refractivity contribution in [2.75, 3.05) is 0 Å². The number of primary amides is 1. The summed E-state index contributed by atoms with van der Waals surface area (Å²) in [7, 11) is 0. The fourth-order valence-electron chi connectivity index (χ4n) is 2.40. The van der Waals surface area contributed by atoms with E-state index in [9.17, 15) is 4.79 Å². The zero-order chi connectivity index (χ0) is 11.3. The molecule has 1 aliphatic rings. The highest BCUT2D eigenvalue weighted by molar-refractivity contribution is 5.79. The molecule has 3 N–H and O–H groups in total. The van der Waals surface area contributed by atoms with E-state index >= 15 is 0 Å². The molecule has 88 valence electrons. The fraction of sp³-hybridized carbons (Fsp3) is 0.917. The number of hydrogen-bond donors (Lipinski definition) is 2. The van der Waals surface area contributed by atoms with Crippen molar-refractivity contribution in [1.29, 1.82) is 0 Å². The van der Waals surface area contributed by atoms with Crippen molar-refractivity contribution in [2.24, 2.45) is 11.7 Å². The van der Waals surface area contributed by atoms with Crippen LogP contribution in [0.5, 0.6) is 0 Å². The Balaban J connectivity index is 2.49. The van der Waals surface area contributed by atoms with Crippen LogP contribution in [0.3, 0.4) is 0 Å². The Kier molecular flexibility index (Phi) is 5.09. The topological polar surface area (TPSA) is 55.1 Å². The molecule has 3 heteroatoms. The Hall–Kier alpha value is -0.570. The van der Waals surface area contributed by atoms with Crippen molar-refractivity contribution in [1.82, 2.24) is 5.32 Å². The van der Waals surface area contributed by atoms with Crippen LogP contribution in [0.25, 0.3) is 0 Å². The molecule has 0 aromatic rings. The average Bonchev–Trinajstić information content (AvgIpc) is 2.39. The molecule has 1 aliphatic carbocycles. The minimum atomic E-state index is -0.214. The van der Waals surface area contributed by atoms with Gasteiger partial charge in [-0.15, -0.1) is 0 Å². The predicted octanol–water partition coefficient (Wildman–Crippen LogP) is 1.81. The Morgan fingerprint density at radius 2 is 2.07 bits per heavy atom. The minimum Gasteiger partial charge on any atom is -0.368 e. The van der Waals surface area contributed by atoms with Crippen molar-refractivity contribution in [3.8, 4) is 0 Å². The van der Waals surface area contributed by atoms with Gasteiger partial charge in [0.2, 0.25) is 5.91 Å². The van der Waals surface area contributed by atoms with Crippen LogP contribution >= 0.6 is 0 Å². The standard InChI is InChI=1S/C12H24N2O/c1-3-10(12(13)15)14-11-8-6-4-5-7-9(11)2/h9-11,14H,3-8H2,1-2H3,(H2,13,15). The summed E-state index contributed by atoms with van der Waals surface area (Å²) in [5.74, 6) is 0.454. The maximum absolute atomic E-state index is 11.2. The largest absolute Gasteiger partial charge is 0.368 e. The lowest BCUT2D eigenvalue weighted by molar-refractivity contribution is -0.120. The summed E-state index contributed by atoms with van der Waals surface area (Å²) < 4.78 is 0. The van der Waals surface area contributed by atoms with Gasteiger partial charge in [0.05, 0.1) is 6.04 Å². The Bertz CT molecular complexity index is 206. The van der Waals surface area contributed by atoms with E-state index in [1.54, 1.807) is 0 Å². The SMILES string of the molecule is CCC(NC1CCCCCC1C)C(N)=O. The molecule has 3 nitrogen and oxygen atoms in total. The molecule has 0 saturated heterocycles. The first-order valence-electron chi connectivity index (χ1n) is 6.20. The summed E-state index contributed by atoms with van der Waals surface area (Å²) in [4.78, 5) is 11.2. The van der Waals surface area contributed by atoms with Crippen molar-refractivity contribution in [3.05, 3.63) is 0 Å². The van der Waals surface area contributed by atoms with Gasteiger partial charge in [0.1, 0.15) is 0 Å². The van der Waals surface area contributed by atoms with E-state index in [-0.39, 0.29) is 11.9 Å². The number of nitrogens with two attached hydrogens (primary N) is 1. The average molecular weight is 212 g/mol. The number of amides is 1. The van der Waals surface area contributed by atoms with E-state index in [2.05, 4.69) is 12.2 Å². The molecule has 0 spiro atoms. The van der Waals surface area contributed by atoms with Gasteiger partial charge in [-0.2, -0.15) is 0 Å². The molecule has 0 aromatic heterocycles. The fourth-order valence-corrected chi connectivity index (χ4v) is 2.40. The smallest absolute Gasteiger partial charge is 0.234 e. The van der Waals surface area contributed by atoms with Crippen LogP contribution in [0.2, 0.25) is 0 Å². The van der Waals surface area contributed by atoms with E-state index in [1.165, 1.54) is 32.1 Å². The lowest BCUT2D eigenvalue weighted by Gasteiger charge is -2.26. The van der Waals surface area contributed by atoms with Gasteiger partial charge in [-0.3, -0.25) is 4.79 Å².